The summed E-state index contributed by atoms with van der Waals surface area (Å²) in [5.74, 6) is -0.814. The van der Waals surface area contributed by atoms with Gasteiger partial charge in [-0.25, -0.2) is 4.39 Å². The fourth-order valence-corrected chi connectivity index (χ4v) is 1.17. The average molecular weight is 225 g/mol. The van der Waals surface area contributed by atoms with Gasteiger partial charge in [0.2, 0.25) is 0 Å². The first kappa shape index (κ1) is 12.6. The van der Waals surface area contributed by atoms with Crippen molar-refractivity contribution in [1.82, 2.24) is 15.6 Å². The van der Waals surface area contributed by atoms with E-state index < -0.39 is 5.82 Å². The molecule has 1 rings (SSSR count). The van der Waals surface area contributed by atoms with Gasteiger partial charge in [-0.1, -0.05) is 13.8 Å². The normalized spacial score (nSPS) is 10.5. The third kappa shape index (κ3) is 4.35. The van der Waals surface area contributed by atoms with Crippen LogP contribution in [-0.4, -0.2) is 30.0 Å². The fraction of sp³-hybridized carbons (Fsp3) is 0.455. The molecule has 2 N–H and O–H groups in total. The molecule has 88 valence electrons. The third-order valence-corrected chi connectivity index (χ3v) is 1.93. The molecule has 5 heteroatoms. The third-order valence-electron chi connectivity index (χ3n) is 1.93. The second-order valence-electron chi connectivity index (χ2n) is 3.76. The number of carbonyl (C=O) groups excluding carboxylic acids is 1. The van der Waals surface area contributed by atoms with Gasteiger partial charge in [0.1, 0.15) is 5.82 Å². The number of aromatic nitrogens is 1. The Hall–Kier alpha value is -1.49. The van der Waals surface area contributed by atoms with Gasteiger partial charge in [-0.15, -0.1) is 0 Å². The molecule has 0 aliphatic heterocycles. The fourth-order valence-electron chi connectivity index (χ4n) is 1.17. The highest BCUT2D eigenvalue weighted by atomic mass is 19.1. The predicted molar refractivity (Wildman–Crippen MR) is 59.7 cm³/mol. The van der Waals surface area contributed by atoms with Crippen LogP contribution in [0.25, 0.3) is 0 Å². The molecule has 0 fully saturated rings. The van der Waals surface area contributed by atoms with Crippen molar-refractivity contribution in [3.63, 3.8) is 0 Å². The molecule has 4 nitrogen and oxygen atoms in total. The average Bonchev–Trinajstić information content (AvgIpc) is 2.24. The maximum Gasteiger partial charge on any atom is 0.252 e. The lowest BCUT2D eigenvalue weighted by molar-refractivity contribution is 0.0953. The molecule has 0 saturated heterocycles. The Bertz CT molecular complexity index is 355. The van der Waals surface area contributed by atoms with Crippen LogP contribution in [0.15, 0.2) is 18.5 Å². The number of nitrogens with one attached hydrogen (secondary N) is 2. The van der Waals surface area contributed by atoms with Gasteiger partial charge in [-0.05, 0) is 6.07 Å². The van der Waals surface area contributed by atoms with E-state index in [4.69, 9.17) is 0 Å². The van der Waals surface area contributed by atoms with Gasteiger partial charge >= 0.3 is 0 Å². The molecule has 1 amide bonds. The quantitative estimate of drug-likeness (QED) is 0.733. The largest absolute Gasteiger partial charge is 0.351 e. The molecule has 0 bridgehead atoms. The van der Waals surface area contributed by atoms with E-state index >= 15 is 0 Å². The molecule has 0 aliphatic rings. The first-order valence-corrected chi connectivity index (χ1v) is 5.21. The van der Waals surface area contributed by atoms with Crippen LogP contribution in [0.3, 0.4) is 0 Å². The Morgan fingerprint density at radius 3 is 2.81 bits per heavy atom. The lowest BCUT2D eigenvalue weighted by atomic mass is 10.2. The minimum atomic E-state index is -0.507. The van der Waals surface area contributed by atoms with Crippen molar-refractivity contribution in [1.29, 1.82) is 0 Å². The van der Waals surface area contributed by atoms with Crippen LogP contribution < -0.4 is 10.6 Å². The van der Waals surface area contributed by atoms with Gasteiger partial charge in [-0.3, -0.25) is 9.78 Å². The number of rotatable bonds is 5. The van der Waals surface area contributed by atoms with Crippen LogP contribution in [-0.2, 0) is 0 Å². The number of amides is 1. The van der Waals surface area contributed by atoms with Crippen LogP contribution >= 0.6 is 0 Å². The Balaban J connectivity index is 2.35. The summed E-state index contributed by atoms with van der Waals surface area (Å²) in [7, 11) is 0. The van der Waals surface area contributed by atoms with E-state index in [1.54, 1.807) is 0 Å². The number of halogens is 1. The summed E-state index contributed by atoms with van der Waals surface area (Å²) in [5.41, 5.74) is 0.240. The second kappa shape index (κ2) is 6.17. The molecule has 0 aliphatic carbocycles. The van der Waals surface area contributed by atoms with Crippen LogP contribution in [0.1, 0.15) is 24.2 Å². The molecular weight excluding hydrogens is 209 g/mol. The van der Waals surface area contributed by atoms with E-state index in [-0.39, 0.29) is 11.5 Å². The first-order valence-electron chi connectivity index (χ1n) is 5.21. The van der Waals surface area contributed by atoms with Gasteiger partial charge in [0.15, 0.2) is 0 Å². The first-order chi connectivity index (χ1) is 7.59. The molecule has 0 spiro atoms. The summed E-state index contributed by atoms with van der Waals surface area (Å²) in [4.78, 5) is 15.1. The zero-order valence-electron chi connectivity index (χ0n) is 9.46. The minimum Gasteiger partial charge on any atom is -0.351 e. The predicted octanol–water partition coefficient (Wildman–Crippen LogP) is 0.948. The molecule has 0 radical (unpaired) electrons. The van der Waals surface area contributed by atoms with E-state index in [9.17, 15) is 9.18 Å². The van der Waals surface area contributed by atoms with Crippen molar-refractivity contribution in [3.05, 3.63) is 29.8 Å². The lowest BCUT2D eigenvalue weighted by Gasteiger charge is -2.08. The SMILES string of the molecule is CC(C)NCCNC(=O)c1cncc(F)c1. The van der Waals surface area contributed by atoms with Gasteiger partial charge in [0, 0.05) is 25.3 Å². The lowest BCUT2D eigenvalue weighted by Crippen LogP contribution is -2.34. The Kier molecular flexibility index (Phi) is 4.85. The molecule has 0 atom stereocenters. The van der Waals surface area contributed by atoms with Crippen LogP contribution in [0.5, 0.6) is 0 Å². The minimum absolute atomic E-state index is 0.240. The molecule has 0 saturated carbocycles. The van der Waals surface area contributed by atoms with Crippen molar-refractivity contribution in [3.8, 4) is 0 Å². The maximum atomic E-state index is 12.8. The topological polar surface area (TPSA) is 54.0 Å². The molecule has 1 aromatic rings. The van der Waals surface area contributed by atoms with Gasteiger partial charge < -0.3 is 10.6 Å². The number of hydrogen-bond acceptors (Lipinski definition) is 3. The Morgan fingerprint density at radius 1 is 1.44 bits per heavy atom. The van der Waals surface area contributed by atoms with Gasteiger partial charge in [-0.2, -0.15) is 0 Å². The van der Waals surface area contributed by atoms with Crippen molar-refractivity contribution >= 4 is 5.91 Å². The van der Waals surface area contributed by atoms with Crippen molar-refractivity contribution < 1.29 is 9.18 Å². The molecule has 0 unspecified atom stereocenters. The van der Waals surface area contributed by atoms with Gasteiger partial charge in [0.05, 0.1) is 11.8 Å². The zero-order chi connectivity index (χ0) is 12.0. The Labute approximate surface area is 94.3 Å². The molecular formula is C11H16FN3O. The Morgan fingerprint density at radius 2 is 2.19 bits per heavy atom. The van der Waals surface area contributed by atoms with E-state index in [1.165, 1.54) is 6.20 Å². The number of nitrogens with zero attached hydrogens (tertiary/aromatic N) is 1. The number of carbonyl (C=O) groups is 1. The smallest absolute Gasteiger partial charge is 0.252 e. The van der Waals surface area contributed by atoms with E-state index in [0.29, 0.717) is 19.1 Å². The molecule has 16 heavy (non-hydrogen) atoms. The number of hydrogen-bond donors (Lipinski definition) is 2. The number of pyridine rings is 1. The highest BCUT2D eigenvalue weighted by Crippen LogP contribution is 1.99. The zero-order valence-corrected chi connectivity index (χ0v) is 9.46. The summed E-state index contributed by atoms with van der Waals surface area (Å²) < 4.78 is 12.8. The van der Waals surface area contributed by atoms with E-state index in [1.807, 2.05) is 13.8 Å². The van der Waals surface area contributed by atoms with Crippen molar-refractivity contribution in [2.24, 2.45) is 0 Å². The molecule has 1 aromatic heterocycles. The van der Waals surface area contributed by atoms with Crippen LogP contribution in [0, 0.1) is 5.82 Å². The summed E-state index contributed by atoms with van der Waals surface area (Å²) in [6.45, 7) is 5.25. The van der Waals surface area contributed by atoms with E-state index in [2.05, 4.69) is 15.6 Å². The molecule has 1 heterocycles. The van der Waals surface area contributed by atoms with Gasteiger partial charge in [0.25, 0.3) is 5.91 Å². The summed E-state index contributed by atoms with van der Waals surface area (Å²) >= 11 is 0. The highest BCUT2D eigenvalue weighted by Gasteiger charge is 2.05. The summed E-state index contributed by atoms with van der Waals surface area (Å²) in [5, 5.41) is 5.83. The van der Waals surface area contributed by atoms with Crippen LogP contribution in [0.4, 0.5) is 4.39 Å². The second-order valence-corrected chi connectivity index (χ2v) is 3.76. The summed E-state index contributed by atoms with van der Waals surface area (Å²) in [6, 6.07) is 1.55. The standard InChI is InChI=1S/C11H16FN3O/c1-8(2)14-3-4-15-11(16)9-5-10(12)7-13-6-9/h5-8,14H,3-4H2,1-2H3,(H,15,16). The van der Waals surface area contributed by atoms with E-state index in [0.717, 1.165) is 12.3 Å². The highest BCUT2D eigenvalue weighted by molar-refractivity contribution is 5.93. The monoisotopic (exact) mass is 225 g/mol. The maximum absolute atomic E-state index is 12.8. The molecule has 0 aromatic carbocycles. The van der Waals surface area contributed by atoms with Crippen molar-refractivity contribution in [2.45, 2.75) is 19.9 Å². The van der Waals surface area contributed by atoms with Crippen LogP contribution in [0.2, 0.25) is 0 Å². The van der Waals surface area contributed by atoms with Crippen molar-refractivity contribution in [2.75, 3.05) is 13.1 Å². The summed E-state index contributed by atoms with van der Waals surface area (Å²) in [6.07, 6.45) is 2.41.